The maximum Gasteiger partial charge on any atom is 0.262 e. The highest BCUT2D eigenvalue weighted by Gasteiger charge is 2.12. The second-order valence-corrected chi connectivity index (χ2v) is 7.43. The number of fused-ring (bicyclic) bond motifs is 1. The third-order valence-corrected chi connectivity index (χ3v) is 5.10. The fraction of sp³-hybridized carbons (Fsp3) is 0.0800. The first-order valence-electron chi connectivity index (χ1n) is 10.4. The molecule has 5 aromatic rings. The number of pyridine rings is 1. The number of para-hydroxylation sites is 1. The number of nitrogens with zero attached hydrogens (tertiary/aromatic N) is 5. The van der Waals surface area contributed by atoms with E-state index in [9.17, 15) is 4.79 Å². The molecule has 3 heterocycles. The van der Waals surface area contributed by atoms with Gasteiger partial charge in [-0.25, -0.2) is 0 Å². The number of hydrogen-bond acceptors (Lipinski definition) is 6. The summed E-state index contributed by atoms with van der Waals surface area (Å²) in [6.45, 7) is 1.87. The highest BCUT2D eigenvalue weighted by Crippen LogP contribution is 2.23. The lowest BCUT2D eigenvalue weighted by molar-refractivity contribution is -0.118. The van der Waals surface area contributed by atoms with Crippen LogP contribution in [0.15, 0.2) is 85.2 Å². The summed E-state index contributed by atoms with van der Waals surface area (Å²) in [4.78, 5) is 16.5. The van der Waals surface area contributed by atoms with Crippen molar-refractivity contribution in [1.29, 1.82) is 0 Å². The molecule has 162 valence electrons. The molecule has 8 heteroatoms. The van der Waals surface area contributed by atoms with Crippen LogP contribution in [-0.4, -0.2) is 37.3 Å². The molecule has 0 aliphatic rings. The van der Waals surface area contributed by atoms with Crippen LogP contribution in [0.25, 0.3) is 28.3 Å². The summed E-state index contributed by atoms with van der Waals surface area (Å²) in [6.07, 6.45) is 3.41. The number of amides is 1. The molecule has 0 saturated carbocycles. The van der Waals surface area contributed by atoms with Crippen LogP contribution >= 0.6 is 0 Å². The lowest BCUT2D eigenvalue weighted by Crippen LogP contribution is -2.20. The van der Waals surface area contributed by atoms with Gasteiger partial charge in [-0.05, 0) is 55.0 Å². The Balaban J connectivity index is 1.35. The minimum atomic E-state index is -0.238. The number of carbonyl (C=O) groups excluding carboxylic acids is 1. The van der Waals surface area contributed by atoms with Gasteiger partial charge < -0.3 is 10.1 Å². The van der Waals surface area contributed by atoms with Crippen LogP contribution in [0.1, 0.15) is 5.56 Å². The lowest BCUT2D eigenvalue weighted by Gasteiger charge is -2.10. The van der Waals surface area contributed by atoms with Gasteiger partial charge in [0.05, 0.1) is 5.69 Å². The van der Waals surface area contributed by atoms with E-state index in [1.807, 2.05) is 79.7 Å². The van der Waals surface area contributed by atoms with Crippen LogP contribution in [0.2, 0.25) is 0 Å². The summed E-state index contributed by atoms with van der Waals surface area (Å²) in [6, 6.07) is 22.6. The molecule has 0 radical (unpaired) electrons. The van der Waals surface area contributed by atoms with Crippen molar-refractivity contribution in [2.24, 2.45) is 0 Å². The zero-order chi connectivity index (χ0) is 22.6. The van der Waals surface area contributed by atoms with E-state index in [0.717, 1.165) is 22.4 Å². The minimum absolute atomic E-state index is 0.0741. The van der Waals surface area contributed by atoms with Crippen LogP contribution < -0.4 is 10.1 Å². The van der Waals surface area contributed by atoms with E-state index in [4.69, 9.17) is 9.84 Å². The van der Waals surface area contributed by atoms with Crippen molar-refractivity contribution < 1.29 is 9.53 Å². The van der Waals surface area contributed by atoms with Crippen molar-refractivity contribution in [2.75, 3.05) is 11.9 Å². The molecule has 0 aliphatic carbocycles. The highest BCUT2D eigenvalue weighted by atomic mass is 16.5. The van der Waals surface area contributed by atoms with Gasteiger partial charge in [0.25, 0.3) is 5.91 Å². The number of aromatic nitrogens is 5. The van der Waals surface area contributed by atoms with Crippen molar-refractivity contribution in [2.45, 2.75) is 6.92 Å². The van der Waals surface area contributed by atoms with Gasteiger partial charge in [-0.15, -0.1) is 10.2 Å². The quantitative estimate of drug-likeness (QED) is 0.429. The summed E-state index contributed by atoms with van der Waals surface area (Å²) in [5, 5.41) is 16.1. The predicted octanol–water partition coefficient (Wildman–Crippen LogP) is 4.18. The Morgan fingerprint density at radius 3 is 2.64 bits per heavy atom. The average Bonchev–Trinajstić information content (AvgIpc) is 3.28. The number of nitrogens with one attached hydrogen (secondary N) is 1. The van der Waals surface area contributed by atoms with Crippen LogP contribution in [0.4, 0.5) is 5.69 Å². The van der Waals surface area contributed by atoms with Gasteiger partial charge in [-0.1, -0.05) is 30.3 Å². The average molecular weight is 436 g/mol. The van der Waals surface area contributed by atoms with Gasteiger partial charge in [0.2, 0.25) is 0 Å². The maximum atomic E-state index is 12.4. The van der Waals surface area contributed by atoms with Gasteiger partial charge in [0.15, 0.2) is 18.1 Å². The summed E-state index contributed by atoms with van der Waals surface area (Å²) in [5.74, 6) is 1.09. The molecule has 0 saturated heterocycles. The molecular weight excluding hydrogens is 416 g/mol. The van der Waals surface area contributed by atoms with E-state index in [1.165, 1.54) is 0 Å². The van der Waals surface area contributed by atoms with Gasteiger partial charge in [-0.3, -0.25) is 9.78 Å². The van der Waals surface area contributed by atoms with Crippen molar-refractivity contribution in [3.8, 4) is 28.4 Å². The van der Waals surface area contributed by atoms with E-state index in [2.05, 4.69) is 20.5 Å². The molecule has 0 unspecified atom stereocenters. The SMILES string of the molecule is Cc1ccccc1OCC(=O)Nc1cccc(-c2ccc3nnc(-c4ccncc4)n3n2)c1. The number of rotatable bonds is 6. The normalized spacial score (nSPS) is 10.8. The minimum Gasteiger partial charge on any atom is -0.483 e. The zero-order valence-electron chi connectivity index (χ0n) is 17.8. The molecule has 0 fully saturated rings. The molecule has 0 aliphatic heterocycles. The Morgan fingerprint density at radius 1 is 0.939 bits per heavy atom. The molecule has 33 heavy (non-hydrogen) atoms. The Bertz CT molecular complexity index is 1430. The number of benzene rings is 2. The topological polar surface area (TPSA) is 94.3 Å². The molecule has 8 nitrogen and oxygen atoms in total. The smallest absolute Gasteiger partial charge is 0.262 e. The molecule has 1 amide bonds. The molecule has 0 spiro atoms. The molecular formula is C25H20N6O2. The summed E-state index contributed by atoms with van der Waals surface area (Å²) < 4.78 is 7.33. The van der Waals surface area contributed by atoms with E-state index < -0.39 is 0 Å². The number of anilines is 1. The molecule has 5 rings (SSSR count). The second kappa shape index (κ2) is 8.88. The highest BCUT2D eigenvalue weighted by molar-refractivity contribution is 5.92. The largest absolute Gasteiger partial charge is 0.483 e. The van der Waals surface area contributed by atoms with Gasteiger partial charge in [0.1, 0.15) is 5.75 Å². The third kappa shape index (κ3) is 4.40. The Morgan fingerprint density at radius 2 is 1.79 bits per heavy atom. The van der Waals surface area contributed by atoms with Gasteiger partial charge >= 0.3 is 0 Å². The van der Waals surface area contributed by atoms with E-state index in [0.29, 0.717) is 22.9 Å². The Labute approximate surface area is 189 Å². The monoisotopic (exact) mass is 436 g/mol. The fourth-order valence-electron chi connectivity index (χ4n) is 3.44. The van der Waals surface area contributed by atoms with E-state index in [1.54, 1.807) is 16.9 Å². The number of ether oxygens (including phenoxy) is 1. The van der Waals surface area contributed by atoms with Crippen molar-refractivity contribution in [3.05, 3.63) is 90.8 Å². The Kier molecular flexibility index (Phi) is 5.47. The summed E-state index contributed by atoms with van der Waals surface area (Å²) >= 11 is 0. The first kappa shape index (κ1) is 20.3. The molecule has 3 aromatic heterocycles. The Hall–Kier alpha value is -4.59. The zero-order valence-corrected chi connectivity index (χ0v) is 17.8. The number of aryl methyl sites for hydroxylation is 1. The maximum absolute atomic E-state index is 12.4. The van der Waals surface area contributed by atoms with Crippen LogP contribution in [0, 0.1) is 6.92 Å². The van der Waals surface area contributed by atoms with Crippen molar-refractivity contribution in [3.63, 3.8) is 0 Å². The van der Waals surface area contributed by atoms with Crippen LogP contribution in [-0.2, 0) is 4.79 Å². The molecule has 2 aromatic carbocycles. The standard InChI is InChI=1S/C25H20N6O2/c1-17-5-2-3-8-22(17)33-16-24(32)27-20-7-4-6-19(15-20)21-9-10-23-28-29-25(31(23)30-21)18-11-13-26-14-12-18/h2-15H,16H2,1H3,(H,27,32). The molecule has 0 atom stereocenters. The first-order chi connectivity index (χ1) is 16.2. The van der Waals surface area contributed by atoms with Crippen LogP contribution in [0.3, 0.4) is 0 Å². The third-order valence-electron chi connectivity index (χ3n) is 5.10. The summed E-state index contributed by atoms with van der Waals surface area (Å²) in [5.41, 5.74) is 4.73. The molecule has 0 bridgehead atoms. The van der Waals surface area contributed by atoms with E-state index >= 15 is 0 Å². The number of carbonyl (C=O) groups is 1. The van der Waals surface area contributed by atoms with Crippen molar-refractivity contribution in [1.82, 2.24) is 24.8 Å². The predicted molar refractivity (Wildman–Crippen MR) is 125 cm³/mol. The molecule has 1 N–H and O–H groups in total. The van der Waals surface area contributed by atoms with Gasteiger partial charge in [0, 0.05) is 29.2 Å². The van der Waals surface area contributed by atoms with Crippen LogP contribution in [0.5, 0.6) is 5.75 Å². The van der Waals surface area contributed by atoms with E-state index in [-0.39, 0.29) is 12.5 Å². The number of hydrogen-bond donors (Lipinski definition) is 1. The van der Waals surface area contributed by atoms with Crippen molar-refractivity contribution >= 4 is 17.2 Å². The fourth-order valence-corrected chi connectivity index (χ4v) is 3.44. The van der Waals surface area contributed by atoms with Gasteiger partial charge in [-0.2, -0.15) is 9.61 Å². The second-order valence-electron chi connectivity index (χ2n) is 7.43. The lowest BCUT2D eigenvalue weighted by atomic mass is 10.1. The summed E-state index contributed by atoms with van der Waals surface area (Å²) in [7, 11) is 0. The first-order valence-corrected chi connectivity index (χ1v) is 10.4.